The number of carbonyl (C=O) groups is 4. The minimum absolute atomic E-state index is 0.0916. The standard InChI is InChI=1S/C31H36N4O4.C2HF3O2/c32-17-21-9-8-20(15-25(21)19-6-7-19)30(37)35-13-12-24(18-4-2-1-3-5-18)28(35)29(36)33-23-10-11-26-22(14-23)16-27(34-26)31(38)39;3-2(4,5)1(6)7/h8-11,14-16,18-19,24,28,34H,1-7,12-13,17,32H2,(H,33,36)(H,38,39);(H,6,7)/t24-,28-;/m0./s1. The highest BCUT2D eigenvalue weighted by Crippen LogP contribution is 2.43. The number of nitrogens with two attached hydrogens (primary N) is 1. The number of carboxylic acids is 2. The molecule has 0 radical (unpaired) electrons. The second-order valence-corrected chi connectivity index (χ2v) is 12.3. The predicted octanol–water partition coefficient (Wildman–Crippen LogP) is 5.89. The molecule has 6 N–H and O–H groups in total. The van der Waals surface area contributed by atoms with Gasteiger partial charge in [0.2, 0.25) is 5.91 Å². The summed E-state index contributed by atoms with van der Waals surface area (Å²) in [6, 6.07) is 12.2. The Kier molecular flexibility index (Phi) is 9.71. The molecule has 1 aromatic heterocycles. The number of aliphatic carboxylic acids is 1. The third-order valence-corrected chi connectivity index (χ3v) is 9.22. The van der Waals surface area contributed by atoms with Crippen LogP contribution in [0.25, 0.3) is 10.9 Å². The van der Waals surface area contributed by atoms with Crippen molar-refractivity contribution in [2.75, 3.05) is 11.9 Å². The Morgan fingerprint density at radius 3 is 2.24 bits per heavy atom. The number of hydrogen-bond acceptors (Lipinski definition) is 5. The molecule has 2 atom stereocenters. The van der Waals surface area contributed by atoms with Crippen molar-refractivity contribution >= 4 is 40.3 Å². The van der Waals surface area contributed by atoms with Crippen LogP contribution in [0.15, 0.2) is 42.5 Å². The monoisotopic (exact) mass is 642 g/mol. The zero-order chi connectivity index (χ0) is 33.2. The maximum absolute atomic E-state index is 13.9. The first kappa shape index (κ1) is 33.0. The molecule has 2 heterocycles. The number of benzene rings is 2. The zero-order valence-electron chi connectivity index (χ0n) is 25.1. The number of hydrogen-bond donors (Lipinski definition) is 5. The summed E-state index contributed by atoms with van der Waals surface area (Å²) in [4.78, 5) is 52.8. The third kappa shape index (κ3) is 7.35. The minimum Gasteiger partial charge on any atom is -0.477 e. The van der Waals surface area contributed by atoms with E-state index in [1.54, 1.807) is 29.2 Å². The lowest BCUT2D eigenvalue weighted by Gasteiger charge is -2.33. The Morgan fingerprint density at radius 2 is 1.63 bits per heavy atom. The van der Waals surface area contributed by atoms with Crippen LogP contribution < -0.4 is 11.1 Å². The molecule has 2 aromatic carbocycles. The van der Waals surface area contributed by atoms with Crippen molar-refractivity contribution in [3.8, 4) is 0 Å². The van der Waals surface area contributed by atoms with Crippen molar-refractivity contribution in [2.45, 2.75) is 76.0 Å². The molecule has 1 saturated heterocycles. The number of aromatic amines is 1. The molecule has 246 valence electrons. The number of amides is 2. The summed E-state index contributed by atoms with van der Waals surface area (Å²) in [7, 11) is 0. The van der Waals surface area contributed by atoms with Crippen molar-refractivity contribution in [3.05, 3.63) is 64.8 Å². The van der Waals surface area contributed by atoms with Gasteiger partial charge in [-0.2, -0.15) is 13.2 Å². The topological polar surface area (TPSA) is 166 Å². The van der Waals surface area contributed by atoms with Gasteiger partial charge >= 0.3 is 18.1 Å². The predicted molar refractivity (Wildman–Crippen MR) is 163 cm³/mol. The van der Waals surface area contributed by atoms with Gasteiger partial charge in [0.25, 0.3) is 5.91 Å². The highest BCUT2D eigenvalue weighted by molar-refractivity contribution is 6.03. The van der Waals surface area contributed by atoms with Gasteiger partial charge in [0.15, 0.2) is 0 Å². The first-order chi connectivity index (χ1) is 21.9. The van der Waals surface area contributed by atoms with Gasteiger partial charge in [-0.25, -0.2) is 9.59 Å². The highest BCUT2D eigenvalue weighted by Gasteiger charge is 2.45. The van der Waals surface area contributed by atoms with Gasteiger partial charge in [-0.15, -0.1) is 0 Å². The van der Waals surface area contributed by atoms with Gasteiger partial charge in [0.05, 0.1) is 0 Å². The Bertz CT molecular complexity index is 1630. The number of H-pyrrole nitrogens is 1. The fourth-order valence-corrected chi connectivity index (χ4v) is 6.83. The van der Waals surface area contributed by atoms with E-state index < -0.39 is 24.2 Å². The van der Waals surface area contributed by atoms with Gasteiger partial charge in [0, 0.05) is 35.2 Å². The number of nitrogens with zero attached hydrogens (tertiary/aromatic N) is 1. The Balaban J connectivity index is 0.000000537. The molecule has 3 aromatic rings. The number of fused-ring (bicyclic) bond motifs is 1. The van der Waals surface area contributed by atoms with Crippen LogP contribution in [0.5, 0.6) is 0 Å². The van der Waals surface area contributed by atoms with Crippen LogP contribution in [0.1, 0.15) is 89.3 Å². The summed E-state index contributed by atoms with van der Waals surface area (Å²) in [5.74, 6) is -3.02. The second-order valence-electron chi connectivity index (χ2n) is 12.3. The Labute approximate surface area is 263 Å². The number of aromatic carboxylic acids is 1. The molecule has 0 unspecified atom stereocenters. The molecule has 2 amide bonds. The van der Waals surface area contributed by atoms with E-state index in [2.05, 4.69) is 10.3 Å². The van der Waals surface area contributed by atoms with E-state index in [0.717, 1.165) is 37.7 Å². The van der Waals surface area contributed by atoms with Crippen LogP contribution in [-0.2, 0) is 16.1 Å². The molecule has 2 saturated carbocycles. The smallest absolute Gasteiger partial charge is 0.477 e. The van der Waals surface area contributed by atoms with E-state index in [0.29, 0.717) is 47.1 Å². The van der Waals surface area contributed by atoms with Crippen LogP contribution >= 0.6 is 0 Å². The lowest BCUT2D eigenvalue weighted by Crippen LogP contribution is -2.47. The average molecular weight is 643 g/mol. The number of rotatable bonds is 7. The van der Waals surface area contributed by atoms with Crippen LogP contribution in [0.3, 0.4) is 0 Å². The van der Waals surface area contributed by atoms with Crippen LogP contribution in [0.4, 0.5) is 18.9 Å². The molecule has 13 heteroatoms. The molecule has 0 bridgehead atoms. The fourth-order valence-electron chi connectivity index (χ4n) is 6.83. The maximum Gasteiger partial charge on any atom is 0.490 e. The molecule has 0 spiro atoms. The number of likely N-dealkylation sites (tertiary alicyclic amines) is 1. The first-order valence-electron chi connectivity index (χ1n) is 15.5. The van der Waals surface area contributed by atoms with Crippen molar-refractivity contribution in [2.24, 2.45) is 17.6 Å². The Hall–Kier alpha value is -4.39. The molecule has 2 aliphatic carbocycles. The SMILES string of the molecule is NCc1ccc(C(=O)N2CC[C@@H](C3CCCCC3)[C@H]2C(=O)Nc2ccc3[nH]c(C(=O)O)cc3c2)cc1C1CC1.O=C(O)C(F)(F)F. The van der Waals surface area contributed by atoms with Crippen LogP contribution in [-0.4, -0.2) is 62.6 Å². The van der Waals surface area contributed by atoms with Crippen molar-refractivity contribution < 1.29 is 42.6 Å². The molecule has 46 heavy (non-hydrogen) atoms. The molecule has 3 fully saturated rings. The maximum atomic E-state index is 13.9. The summed E-state index contributed by atoms with van der Waals surface area (Å²) in [6.45, 7) is 1.02. The summed E-state index contributed by atoms with van der Waals surface area (Å²) in [6.07, 6.45) is 3.77. The molecule has 3 aliphatic rings. The van der Waals surface area contributed by atoms with E-state index >= 15 is 0 Å². The number of alkyl halides is 3. The summed E-state index contributed by atoms with van der Waals surface area (Å²) < 4.78 is 31.7. The van der Waals surface area contributed by atoms with Gasteiger partial charge in [-0.1, -0.05) is 38.2 Å². The largest absolute Gasteiger partial charge is 0.490 e. The van der Waals surface area contributed by atoms with E-state index in [9.17, 15) is 32.7 Å². The molecule has 1 aliphatic heterocycles. The number of carboxylic acid groups (broad SMARTS) is 2. The highest BCUT2D eigenvalue weighted by atomic mass is 19.4. The van der Waals surface area contributed by atoms with Crippen molar-refractivity contribution in [1.82, 2.24) is 9.88 Å². The minimum atomic E-state index is -5.08. The quantitative estimate of drug-likeness (QED) is 0.214. The average Bonchev–Trinajstić information content (AvgIpc) is 3.63. The number of nitrogens with one attached hydrogen (secondary N) is 2. The van der Waals surface area contributed by atoms with Crippen LogP contribution in [0, 0.1) is 11.8 Å². The van der Waals surface area contributed by atoms with E-state index in [1.807, 2.05) is 18.2 Å². The summed E-state index contributed by atoms with van der Waals surface area (Å²) in [5.41, 5.74) is 10.3. The molecule has 10 nitrogen and oxygen atoms in total. The lowest BCUT2D eigenvalue weighted by atomic mass is 9.76. The van der Waals surface area contributed by atoms with Crippen LogP contribution in [0.2, 0.25) is 0 Å². The Morgan fingerprint density at radius 1 is 0.935 bits per heavy atom. The van der Waals surface area contributed by atoms with E-state index in [1.165, 1.54) is 24.8 Å². The molecular weight excluding hydrogens is 605 g/mol. The number of aromatic nitrogens is 1. The molecule has 6 rings (SSSR count). The third-order valence-electron chi connectivity index (χ3n) is 9.22. The van der Waals surface area contributed by atoms with Gasteiger partial charge < -0.3 is 31.1 Å². The summed E-state index contributed by atoms with van der Waals surface area (Å²) in [5, 5.41) is 20.2. The second kappa shape index (κ2) is 13.5. The van der Waals surface area contributed by atoms with Crippen molar-refractivity contribution in [3.63, 3.8) is 0 Å². The number of anilines is 1. The van der Waals surface area contributed by atoms with Gasteiger partial charge in [0.1, 0.15) is 11.7 Å². The zero-order valence-corrected chi connectivity index (χ0v) is 25.1. The van der Waals surface area contributed by atoms with Gasteiger partial charge in [-0.3, -0.25) is 9.59 Å². The number of halogens is 3. The van der Waals surface area contributed by atoms with Gasteiger partial charge in [-0.05, 0) is 84.5 Å². The summed E-state index contributed by atoms with van der Waals surface area (Å²) >= 11 is 0. The van der Waals surface area contributed by atoms with Crippen molar-refractivity contribution in [1.29, 1.82) is 0 Å². The normalized spacial score (nSPS) is 20.2. The lowest BCUT2D eigenvalue weighted by molar-refractivity contribution is -0.192. The van der Waals surface area contributed by atoms with E-state index in [4.69, 9.17) is 15.6 Å². The fraction of sp³-hybridized carbons (Fsp3) is 0.455. The molecular formula is C33H37F3N4O6. The van der Waals surface area contributed by atoms with E-state index in [-0.39, 0.29) is 23.4 Å². The number of carbonyl (C=O) groups excluding carboxylic acids is 2. The first-order valence-corrected chi connectivity index (χ1v) is 15.5.